The fraction of sp³-hybridized carbons (Fsp3) is 0.700. The number of hydrogen-bond acceptors (Lipinski definition) is 5. The highest BCUT2D eigenvalue weighted by Crippen LogP contribution is 2.25. The molecule has 1 heterocycles. The maximum absolute atomic E-state index is 9.53. The minimum atomic E-state index is -0.0475. The van der Waals surface area contributed by atoms with Gasteiger partial charge in [0.1, 0.15) is 0 Å². The molecule has 0 amide bonds. The van der Waals surface area contributed by atoms with Crippen LogP contribution in [0.4, 0.5) is 0 Å². The zero-order valence-electron chi connectivity index (χ0n) is 16.0. The van der Waals surface area contributed by atoms with Gasteiger partial charge in [0.25, 0.3) is 0 Å². The molecule has 0 radical (unpaired) electrons. The summed E-state index contributed by atoms with van der Waals surface area (Å²) in [5, 5.41) is 18.9. The summed E-state index contributed by atoms with van der Waals surface area (Å²) in [4.78, 5) is 7.36. The summed E-state index contributed by atoms with van der Waals surface area (Å²) in [6.07, 6.45) is 6.10. The van der Waals surface area contributed by atoms with Crippen LogP contribution in [0.2, 0.25) is 0 Å². The van der Waals surface area contributed by atoms with Crippen molar-refractivity contribution in [1.29, 1.82) is 0 Å². The van der Waals surface area contributed by atoms with Gasteiger partial charge in [-0.3, -0.25) is 0 Å². The monoisotopic (exact) mass is 349 g/mol. The molecule has 0 aromatic heterocycles. The Hall–Kier alpha value is -1.30. The number of unbranched alkanes of at least 4 members (excludes halogenated alkanes) is 3. The first-order valence-corrected chi connectivity index (χ1v) is 9.65. The third-order valence-corrected chi connectivity index (χ3v) is 5.18. The standard InChI is InChI=1S/C20H35N3O2/c1-21(12-9-18-7-8-19(24)20(25)17-18)10-5-3-4-6-11-23-15-13-22(2)14-16-23/h7-8,17,24-25H,3-6,9-16H2,1-2H3. The SMILES string of the molecule is CN(CCCCCCN1CCN(C)CC1)CCc1ccc(O)c(O)c1. The number of nitrogens with zero attached hydrogens (tertiary/aromatic N) is 3. The van der Waals surface area contributed by atoms with Gasteiger partial charge in [0.2, 0.25) is 0 Å². The van der Waals surface area contributed by atoms with Crippen molar-refractivity contribution in [3.63, 3.8) is 0 Å². The number of likely N-dealkylation sites (N-methyl/N-ethyl adjacent to an activating group) is 2. The molecule has 0 unspecified atom stereocenters. The van der Waals surface area contributed by atoms with E-state index in [0.717, 1.165) is 25.1 Å². The first-order chi connectivity index (χ1) is 12.0. The lowest BCUT2D eigenvalue weighted by molar-refractivity contribution is 0.152. The van der Waals surface area contributed by atoms with E-state index >= 15 is 0 Å². The first-order valence-electron chi connectivity index (χ1n) is 9.65. The van der Waals surface area contributed by atoms with Crippen LogP contribution < -0.4 is 0 Å². The van der Waals surface area contributed by atoms with Gasteiger partial charge in [-0.1, -0.05) is 18.9 Å². The number of piperazine rings is 1. The molecular weight excluding hydrogens is 314 g/mol. The second-order valence-electron chi connectivity index (χ2n) is 7.44. The van der Waals surface area contributed by atoms with E-state index in [-0.39, 0.29) is 11.5 Å². The summed E-state index contributed by atoms with van der Waals surface area (Å²) >= 11 is 0. The lowest BCUT2D eigenvalue weighted by Crippen LogP contribution is -2.44. The first kappa shape index (κ1) is 20.0. The van der Waals surface area contributed by atoms with Gasteiger partial charge in [-0.25, -0.2) is 0 Å². The molecule has 0 aliphatic carbocycles. The van der Waals surface area contributed by atoms with Crippen LogP contribution in [-0.2, 0) is 6.42 Å². The zero-order valence-corrected chi connectivity index (χ0v) is 16.0. The number of benzene rings is 1. The molecule has 1 saturated heterocycles. The fourth-order valence-corrected chi connectivity index (χ4v) is 3.30. The second kappa shape index (κ2) is 10.6. The van der Waals surface area contributed by atoms with Crippen LogP contribution in [0.5, 0.6) is 11.5 Å². The van der Waals surface area contributed by atoms with E-state index in [1.165, 1.54) is 58.4 Å². The Labute approximate surface area is 152 Å². The van der Waals surface area contributed by atoms with Crippen molar-refractivity contribution in [2.24, 2.45) is 0 Å². The summed E-state index contributed by atoms with van der Waals surface area (Å²) in [6, 6.07) is 5.09. The van der Waals surface area contributed by atoms with E-state index in [9.17, 15) is 10.2 Å². The van der Waals surface area contributed by atoms with Crippen molar-refractivity contribution in [2.75, 3.05) is 59.9 Å². The zero-order chi connectivity index (χ0) is 18.1. The molecule has 1 aromatic rings. The maximum atomic E-state index is 9.53. The third kappa shape index (κ3) is 7.63. The Kier molecular flexibility index (Phi) is 8.52. The van der Waals surface area contributed by atoms with Crippen LogP contribution >= 0.6 is 0 Å². The number of aromatic hydroxyl groups is 2. The minimum absolute atomic E-state index is 0.0273. The van der Waals surface area contributed by atoms with E-state index in [2.05, 4.69) is 28.8 Å². The molecule has 2 N–H and O–H groups in total. The highest BCUT2D eigenvalue weighted by atomic mass is 16.3. The molecule has 1 fully saturated rings. The van der Waals surface area contributed by atoms with Gasteiger partial charge in [-0.05, 0) is 64.1 Å². The van der Waals surface area contributed by atoms with Crippen molar-refractivity contribution >= 4 is 0 Å². The van der Waals surface area contributed by atoms with Gasteiger partial charge in [0.05, 0.1) is 0 Å². The lowest BCUT2D eigenvalue weighted by Gasteiger charge is -2.32. The Morgan fingerprint density at radius 1 is 0.920 bits per heavy atom. The summed E-state index contributed by atoms with van der Waals surface area (Å²) in [6.45, 7) is 8.24. The topological polar surface area (TPSA) is 50.2 Å². The second-order valence-corrected chi connectivity index (χ2v) is 7.44. The highest BCUT2D eigenvalue weighted by molar-refractivity contribution is 5.40. The molecule has 0 saturated carbocycles. The summed E-state index contributed by atoms with van der Waals surface area (Å²) in [7, 11) is 4.36. The summed E-state index contributed by atoms with van der Waals surface area (Å²) in [5.74, 6) is -0.0748. The van der Waals surface area contributed by atoms with Gasteiger partial charge in [0, 0.05) is 32.7 Å². The molecule has 5 nitrogen and oxygen atoms in total. The number of rotatable bonds is 10. The molecule has 0 bridgehead atoms. The number of hydrogen-bond donors (Lipinski definition) is 2. The minimum Gasteiger partial charge on any atom is -0.504 e. The van der Waals surface area contributed by atoms with Crippen LogP contribution in [0.15, 0.2) is 18.2 Å². The van der Waals surface area contributed by atoms with Crippen molar-refractivity contribution in [3.05, 3.63) is 23.8 Å². The van der Waals surface area contributed by atoms with Gasteiger partial charge in [-0.15, -0.1) is 0 Å². The molecule has 1 aromatic carbocycles. The van der Waals surface area contributed by atoms with Gasteiger partial charge >= 0.3 is 0 Å². The van der Waals surface area contributed by atoms with Crippen LogP contribution in [0.1, 0.15) is 31.2 Å². The van der Waals surface area contributed by atoms with Gasteiger partial charge in [-0.2, -0.15) is 0 Å². The molecule has 2 rings (SSSR count). The summed E-state index contributed by atoms with van der Waals surface area (Å²) < 4.78 is 0. The normalized spacial score (nSPS) is 16.6. The van der Waals surface area contributed by atoms with E-state index in [1.807, 2.05) is 6.07 Å². The Morgan fingerprint density at radius 2 is 1.64 bits per heavy atom. The number of phenols is 2. The molecule has 1 aliphatic heterocycles. The summed E-state index contributed by atoms with van der Waals surface area (Å²) in [5.41, 5.74) is 1.06. The Bertz CT molecular complexity index is 502. The van der Waals surface area contributed by atoms with Crippen molar-refractivity contribution in [2.45, 2.75) is 32.1 Å². The van der Waals surface area contributed by atoms with Crippen molar-refractivity contribution in [3.8, 4) is 11.5 Å². The lowest BCUT2D eigenvalue weighted by atomic mass is 10.1. The van der Waals surface area contributed by atoms with Gasteiger partial charge in [0.15, 0.2) is 11.5 Å². The fourth-order valence-electron chi connectivity index (χ4n) is 3.30. The smallest absolute Gasteiger partial charge is 0.157 e. The van der Waals surface area contributed by atoms with Crippen LogP contribution in [0.25, 0.3) is 0 Å². The van der Waals surface area contributed by atoms with Crippen molar-refractivity contribution in [1.82, 2.24) is 14.7 Å². The quantitative estimate of drug-likeness (QED) is 0.502. The van der Waals surface area contributed by atoms with Crippen molar-refractivity contribution < 1.29 is 10.2 Å². The molecule has 25 heavy (non-hydrogen) atoms. The molecule has 1 aliphatic rings. The Morgan fingerprint density at radius 3 is 2.36 bits per heavy atom. The van der Waals surface area contributed by atoms with Crippen LogP contribution in [0.3, 0.4) is 0 Å². The Balaban J connectivity index is 1.48. The molecular formula is C20H35N3O2. The van der Waals surface area contributed by atoms with E-state index < -0.39 is 0 Å². The highest BCUT2D eigenvalue weighted by Gasteiger charge is 2.12. The predicted octanol–water partition coefficient (Wildman–Crippen LogP) is 2.38. The van der Waals surface area contributed by atoms with E-state index in [4.69, 9.17) is 0 Å². The molecule has 5 heteroatoms. The van der Waals surface area contributed by atoms with E-state index in [0.29, 0.717) is 0 Å². The van der Waals surface area contributed by atoms with Gasteiger partial charge < -0.3 is 24.9 Å². The molecule has 0 spiro atoms. The molecule has 142 valence electrons. The van der Waals surface area contributed by atoms with E-state index in [1.54, 1.807) is 12.1 Å². The average molecular weight is 350 g/mol. The number of phenolic OH excluding ortho intramolecular Hbond substituents is 2. The third-order valence-electron chi connectivity index (χ3n) is 5.18. The predicted molar refractivity (Wildman–Crippen MR) is 103 cm³/mol. The largest absolute Gasteiger partial charge is 0.504 e. The van der Waals surface area contributed by atoms with Crippen LogP contribution in [-0.4, -0.2) is 84.8 Å². The van der Waals surface area contributed by atoms with Crippen LogP contribution in [0, 0.1) is 0 Å². The average Bonchev–Trinajstić information content (AvgIpc) is 2.60. The molecule has 0 atom stereocenters. The maximum Gasteiger partial charge on any atom is 0.157 e.